The van der Waals surface area contributed by atoms with E-state index in [-0.39, 0.29) is 0 Å². The van der Waals surface area contributed by atoms with Crippen LogP contribution in [0, 0.1) is 0 Å². The third-order valence-corrected chi connectivity index (χ3v) is 13.1. The van der Waals surface area contributed by atoms with E-state index in [2.05, 4.69) is 179 Å². The van der Waals surface area contributed by atoms with E-state index in [0.29, 0.717) is 0 Å². The van der Waals surface area contributed by atoms with Crippen molar-refractivity contribution in [1.29, 1.82) is 0 Å². The Hall–Kier alpha value is -6.28. The molecular weight excluding hydrogens is 773 g/mol. The average Bonchev–Trinajstić information content (AvgIpc) is 4.13. The predicted molar refractivity (Wildman–Crippen MR) is 266 cm³/mol. The lowest BCUT2D eigenvalue weighted by Gasteiger charge is -2.43. The van der Waals surface area contributed by atoms with E-state index in [0.717, 1.165) is 89.6 Å². The monoisotopic (exact) mass is 837 g/mol. The highest BCUT2D eigenvalue weighted by atomic mass is 15.2. The number of H-pyrrole nitrogens is 2. The summed E-state index contributed by atoms with van der Waals surface area (Å²) in [5.74, 6) is 0. The Morgan fingerprint density at radius 1 is 0.540 bits per heavy atom. The molecule has 8 heteroatoms. The minimum Gasteiger partial charge on any atom is -0.371 e. The van der Waals surface area contributed by atoms with Crippen LogP contribution in [-0.4, -0.2) is 93.4 Å². The molecule has 9 rings (SSSR count). The number of nitrogens with zero attached hydrogens (tertiary/aromatic N) is 6. The van der Waals surface area contributed by atoms with Gasteiger partial charge in [-0.1, -0.05) is 101 Å². The van der Waals surface area contributed by atoms with Crippen molar-refractivity contribution in [2.24, 2.45) is 0 Å². The molecule has 0 aliphatic carbocycles. The summed E-state index contributed by atoms with van der Waals surface area (Å²) >= 11 is 0. The highest BCUT2D eigenvalue weighted by Gasteiger charge is 2.37. The zero-order valence-corrected chi connectivity index (χ0v) is 37.8. The Balaban J connectivity index is 1.29. The lowest BCUT2D eigenvalue weighted by Crippen LogP contribution is -2.38. The first-order chi connectivity index (χ1) is 30.9. The molecule has 0 radical (unpaired) electrons. The largest absolute Gasteiger partial charge is 0.371 e. The molecule has 3 aromatic heterocycles. The fraction of sp³-hybridized carbons (Fsp3) is 0.345. The summed E-state index contributed by atoms with van der Waals surface area (Å²) in [6.07, 6.45) is 42.1. The molecule has 0 saturated heterocycles. The van der Waals surface area contributed by atoms with Crippen LogP contribution < -0.4 is 0 Å². The Labute approximate surface area is 374 Å². The molecule has 63 heavy (non-hydrogen) atoms. The normalized spacial score (nSPS) is 17.4. The van der Waals surface area contributed by atoms with Crippen molar-refractivity contribution in [2.45, 2.75) is 71.1 Å². The van der Waals surface area contributed by atoms with Crippen LogP contribution >= 0.6 is 0 Å². The second-order valence-electron chi connectivity index (χ2n) is 17.8. The van der Waals surface area contributed by atoms with Gasteiger partial charge in [-0.05, 0) is 91.4 Å². The molecule has 0 saturated carbocycles. The van der Waals surface area contributed by atoms with Crippen LogP contribution in [0.2, 0.25) is 0 Å². The number of hydrogen-bond donors (Lipinski definition) is 2. The molecule has 0 aromatic carbocycles. The first-order valence-electron chi connectivity index (χ1n) is 23.5. The van der Waals surface area contributed by atoms with Gasteiger partial charge >= 0.3 is 0 Å². The second-order valence-corrected chi connectivity index (χ2v) is 17.8. The maximum absolute atomic E-state index is 5.48. The van der Waals surface area contributed by atoms with E-state index >= 15 is 0 Å². The molecule has 8 nitrogen and oxygen atoms in total. The van der Waals surface area contributed by atoms with Crippen LogP contribution in [0.25, 0.3) is 52.1 Å². The maximum Gasteiger partial charge on any atom is 0.0752 e. The SMILES string of the molecule is CCCCCCCCCCCCN1CC(C2=CC=CCN2C)=C(C2=CC=CCN2C)C(C2=CC=CCN2C)=C1c1c2nc(cc3ccc(cc4nc(cc5ccc1[nH]5)C=C4)[nH]3)C=C2. The van der Waals surface area contributed by atoms with Crippen LogP contribution in [0.1, 0.15) is 99.5 Å². The van der Waals surface area contributed by atoms with Gasteiger partial charge in [0.2, 0.25) is 0 Å². The van der Waals surface area contributed by atoms with Gasteiger partial charge in [-0.3, -0.25) is 0 Å². The lowest BCUT2D eigenvalue weighted by atomic mass is 9.82. The highest BCUT2D eigenvalue weighted by Crippen LogP contribution is 2.47. The molecule has 8 bridgehead atoms. The summed E-state index contributed by atoms with van der Waals surface area (Å²) in [5, 5.41) is 0. The summed E-state index contributed by atoms with van der Waals surface area (Å²) < 4.78 is 0. The van der Waals surface area contributed by atoms with Gasteiger partial charge in [0, 0.05) is 110 Å². The number of nitrogens with one attached hydrogen (secondary N) is 2. The average molecular weight is 837 g/mol. The van der Waals surface area contributed by atoms with E-state index < -0.39 is 0 Å². The Bertz CT molecular complexity index is 2680. The number of hydrogen-bond acceptors (Lipinski definition) is 6. The number of fused-ring (bicyclic) bond motifs is 8. The zero-order valence-electron chi connectivity index (χ0n) is 37.8. The van der Waals surface area contributed by atoms with Crippen LogP contribution in [0.15, 0.2) is 131 Å². The van der Waals surface area contributed by atoms with Crippen molar-refractivity contribution in [1.82, 2.24) is 39.5 Å². The van der Waals surface area contributed by atoms with Gasteiger partial charge in [0.25, 0.3) is 0 Å². The summed E-state index contributed by atoms with van der Waals surface area (Å²) in [6, 6.07) is 15.1. The fourth-order valence-corrected chi connectivity index (χ4v) is 9.73. The summed E-state index contributed by atoms with van der Waals surface area (Å²) in [4.78, 5) is 27.9. The molecule has 2 N–H and O–H groups in total. The topological polar surface area (TPSA) is 70.3 Å². The van der Waals surface area contributed by atoms with E-state index in [1.165, 1.54) is 97.3 Å². The van der Waals surface area contributed by atoms with E-state index in [1.54, 1.807) is 0 Å². The number of aromatic amines is 2. The van der Waals surface area contributed by atoms with E-state index in [4.69, 9.17) is 9.97 Å². The standard InChI is InChI=1S/C55H64N8/c1-5-6-7-8-9-10-11-12-13-17-35-63-39-46(49-21-14-18-32-60(49)2)52(50-22-15-19-33-61(50)3)54(51-23-16-20-34-62(51)4)55(63)53-47-30-28-44(58-47)37-42-26-24-40(56-42)36-41-25-27-43(57-41)38-45-29-31-48(53)59-45/h14-16,18-31,36-38,56,59H,5-13,17,32-35,39H2,1-4H3. The molecule has 0 amide bonds. The molecule has 6 aliphatic heterocycles. The predicted octanol–water partition coefficient (Wildman–Crippen LogP) is 12.1. The smallest absolute Gasteiger partial charge is 0.0752 e. The first-order valence-corrected chi connectivity index (χ1v) is 23.5. The Morgan fingerprint density at radius 2 is 1.05 bits per heavy atom. The third-order valence-electron chi connectivity index (χ3n) is 13.1. The van der Waals surface area contributed by atoms with Crippen molar-refractivity contribution in [3.05, 3.63) is 159 Å². The molecule has 9 heterocycles. The van der Waals surface area contributed by atoms with Crippen molar-refractivity contribution in [3.8, 4) is 0 Å². The van der Waals surface area contributed by atoms with Crippen molar-refractivity contribution in [2.75, 3.05) is 53.9 Å². The molecule has 0 spiro atoms. The summed E-state index contributed by atoms with van der Waals surface area (Å²) in [7, 11) is 6.73. The van der Waals surface area contributed by atoms with Crippen molar-refractivity contribution < 1.29 is 0 Å². The molecular formula is C55H64N8. The highest BCUT2D eigenvalue weighted by molar-refractivity contribution is 5.93. The number of likely N-dealkylation sites (N-methyl/N-ethyl adjacent to an activating group) is 3. The van der Waals surface area contributed by atoms with Gasteiger partial charge in [0.15, 0.2) is 0 Å². The summed E-state index contributed by atoms with van der Waals surface area (Å²) in [6.45, 7) is 6.58. The fourth-order valence-electron chi connectivity index (χ4n) is 9.73. The van der Waals surface area contributed by atoms with Gasteiger partial charge in [-0.25, -0.2) is 9.97 Å². The Kier molecular flexibility index (Phi) is 13.0. The van der Waals surface area contributed by atoms with Gasteiger partial charge < -0.3 is 29.6 Å². The third kappa shape index (κ3) is 9.41. The van der Waals surface area contributed by atoms with E-state index in [1.807, 2.05) is 0 Å². The number of unbranched alkanes of at least 4 members (excludes halogenated alkanes) is 9. The van der Waals surface area contributed by atoms with Crippen LogP contribution in [0.5, 0.6) is 0 Å². The molecule has 3 aromatic rings. The van der Waals surface area contributed by atoms with E-state index in [9.17, 15) is 0 Å². The minimum atomic E-state index is 0.780. The number of aromatic nitrogens is 4. The second kappa shape index (κ2) is 19.4. The minimum absolute atomic E-state index is 0.780. The maximum atomic E-state index is 5.48. The van der Waals surface area contributed by atoms with Crippen molar-refractivity contribution in [3.63, 3.8) is 0 Å². The summed E-state index contributed by atoms with van der Waals surface area (Å²) in [5.41, 5.74) is 17.8. The molecule has 6 aliphatic rings. The number of allylic oxidation sites excluding steroid dienone is 8. The Morgan fingerprint density at radius 3 is 1.65 bits per heavy atom. The first kappa shape index (κ1) is 42.0. The molecule has 0 atom stereocenters. The van der Waals surface area contributed by atoms with Gasteiger partial charge in [-0.2, -0.15) is 0 Å². The van der Waals surface area contributed by atoms with Crippen LogP contribution in [0.4, 0.5) is 0 Å². The van der Waals surface area contributed by atoms with Crippen molar-refractivity contribution >= 4 is 52.1 Å². The van der Waals surface area contributed by atoms with Gasteiger partial charge in [0.05, 0.1) is 34.0 Å². The zero-order chi connectivity index (χ0) is 43.1. The number of rotatable bonds is 15. The van der Waals surface area contributed by atoms with Crippen LogP contribution in [0.3, 0.4) is 0 Å². The molecule has 324 valence electrons. The van der Waals surface area contributed by atoms with Crippen LogP contribution in [-0.2, 0) is 0 Å². The van der Waals surface area contributed by atoms with Gasteiger partial charge in [-0.15, -0.1) is 0 Å². The lowest BCUT2D eigenvalue weighted by molar-refractivity contribution is 0.378. The molecule has 0 fully saturated rings. The molecule has 0 unspecified atom stereocenters. The van der Waals surface area contributed by atoms with Gasteiger partial charge in [0.1, 0.15) is 0 Å². The quantitative estimate of drug-likeness (QED) is 0.102.